The van der Waals surface area contributed by atoms with Gasteiger partial charge in [-0.1, -0.05) is 23.5 Å². The predicted molar refractivity (Wildman–Crippen MR) is 108 cm³/mol. The van der Waals surface area contributed by atoms with Crippen LogP contribution in [0.15, 0.2) is 42.7 Å². The molecule has 0 spiro atoms. The fourth-order valence-corrected chi connectivity index (χ4v) is 4.28. The zero-order valence-electron chi connectivity index (χ0n) is 15.3. The number of hydrogen-bond acceptors (Lipinski definition) is 7. The molecule has 1 fully saturated rings. The molecule has 0 N–H and O–H groups in total. The molecule has 27 heavy (non-hydrogen) atoms. The minimum atomic E-state index is 0.0981. The van der Waals surface area contributed by atoms with Gasteiger partial charge in [0.25, 0.3) is 0 Å². The lowest BCUT2D eigenvalue weighted by Gasteiger charge is -2.34. The van der Waals surface area contributed by atoms with Crippen LogP contribution in [0.5, 0.6) is 0 Å². The van der Waals surface area contributed by atoms with E-state index in [0.29, 0.717) is 13.1 Å². The van der Waals surface area contributed by atoms with E-state index in [-0.39, 0.29) is 5.91 Å². The Bertz CT molecular complexity index is 874. The number of rotatable bonds is 5. The topological polar surface area (TPSA) is 65.5 Å². The number of fused-ring (bicyclic) bond motifs is 1. The third-order valence-electron chi connectivity index (χ3n) is 4.70. The Morgan fingerprint density at radius 2 is 1.85 bits per heavy atom. The highest BCUT2D eigenvalue weighted by Crippen LogP contribution is 2.28. The van der Waals surface area contributed by atoms with Gasteiger partial charge in [-0.25, -0.2) is 15.0 Å². The van der Waals surface area contributed by atoms with E-state index < -0.39 is 0 Å². The first kappa shape index (κ1) is 17.8. The van der Waals surface area contributed by atoms with Gasteiger partial charge in [-0.2, -0.15) is 0 Å². The van der Waals surface area contributed by atoms with E-state index in [1.807, 2.05) is 37.3 Å². The van der Waals surface area contributed by atoms with E-state index in [2.05, 4.69) is 24.8 Å². The Kier molecular flexibility index (Phi) is 5.26. The summed E-state index contributed by atoms with van der Waals surface area (Å²) < 4.78 is 1.11. The van der Waals surface area contributed by atoms with Gasteiger partial charge in [-0.3, -0.25) is 14.6 Å². The van der Waals surface area contributed by atoms with Gasteiger partial charge in [0.05, 0.1) is 16.8 Å². The number of nitrogens with zero attached hydrogens (tertiary/aromatic N) is 6. The van der Waals surface area contributed by atoms with Crippen LogP contribution in [0, 0.1) is 0 Å². The van der Waals surface area contributed by atoms with Crippen molar-refractivity contribution in [2.75, 3.05) is 49.1 Å². The van der Waals surface area contributed by atoms with Gasteiger partial charge in [-0.05, 0) is 25.1 Å². The fraction of sp³-hybridized carbons (Fsp3) is 0.368. The van der Waals surface area contributed by atoms with Crippen LogP contribution in [0.4, 0.5) is 11.1 Å². The molecule has 8 heteroatoms. The molecule has 0 radical (unpaired) electrons. The molecule has 0 atom stereocenters. The first-order valence-corrected chi connectivity index (χ1v) is 9.96. The summed E-state index contributed by atoms with van der Waals surface area (Å²) in [6, 6.07) is 9.82. The molecule has 1 aromatic carbocycles. The average Bonchev–Trinajstić information content (AvgIpc) is 3.13. The van der Waals surface area contributed by atoms with Gasteiger partial charge in [0, 0.05) is 45.1 Å². The van der Waals surface area contributed by atoms with Crippen LogP contribution in [0.25, 0.3) is 10.2 Å². The van der Waals surface area contributed by atoms with E-state index in [1.165, 1.54) is 0 Å². The number of carbonyl (C=O) groups is 1. The number of anilines is 2. The molecule has 3 heterocycles. The van der Waals surface area contributed by atoms with Crippen molar-refractivity contribution in [2.45, 2.75) is 6.92 Å². The zero-order chi connectivity index (χ0) is 18.6. The Hall–Kier alpha value is -2.58. The average molecular weight is 382 g/mol. The lowest BCUT2D eigenvalue weighted by molar-refractivity contribution is -0.119. The summed E-state index contributed by atoms with van der Waals surface area (Å²) in [6.45, 7) is 6.32. The number of hydrogen-bond donors (Lipinski definition) is 0. The molecular formula is C19H22N6OS. The summed E-state index contributed by atoms with van der Waals surface area (Å²) in [4.78, 5) is 32.3. The van der Waals surface area contributed by atoms with Crippen LogP contribution < -0.4 is 9.80 Å². The second-order valence-corrected chi connectivity index (χ2v) is 7.42. The van der Waals surface area contributed by atoms with Gasteiger partial charge in [-0.15, -0.1) is 0 Å². The zero-order valence-corrected chi connectivity index (χ0v) is 16.1. The highest BCUT2D eigenvalue weighted by Gasteiger charge is 2.24. The molecule has 1 aliphatic rings. The van der Waals surface area contributed by atoms with Crippen LogP contribution in [0.3, 0.4) is 0 Å². The van der Waals surface area contributed by atoms with Crippen molar-refractivity contribution in [3.05, 3.63) is 42.7 Å². The Morgan fingerprint density at radius 1 is 1.11 bits per heavy atom. The van der Waals surface area contributed by atoms with Crippen LogP contribution in [0.1, 0.15) is 6.92 Å². The van der Waals surface area contributed by atoms with Crippen LogP contribution in [-0.2, 0) is 4.79 Å². The van der Waals surface area contributed by atoms with Gasteiger partial charge in [0.2, 0.25) is 11.9 Å². The smallest absolute Gasteiger partial charge is 0.242 e. The second kappa shape index (κ2) is 7.98. The predicted octanol–water partition coefficient (Wildman–Crippen LogP) is 2.26. The molecule has 2 aromatic heterocycles. The van der Waals surface area contributed by atoms with Gasteiger partial charge < -0.3 is 4.90 Å². The largest absolute Gasteiger partial charge is 0.338 e. The molecule has 3 aromatic rings. The molecule has 1 saturated heterocycles. The third-order valence-corrected chi connectivity index (χ3v) is 5.76. The van der Waals surface area contributed by atoms with E-state index in [9.17, 15) is 4.79 Å². The van der Waals surface area contributed by atoms with E-state index in [4.69, 9.17) is 0 Å². The Morgan fingerprint density at radius 3 is 2.56 bits per heavy atom. The number of piperazine rings is 1. The van der Waals surface area contributed by atoms with Crippen molar-refractivity contribution in [1.29, 1.82) is 0 Å². The normalized spacial score (nSPS) is 15.2. The molecule has 140 valence electrons. The van der Waals surface area contributed by atoms with Crippen molar-refractivity contribution in [3.8, 4) is 0 Å². The maximum absolute atomic E-state index is 12.9. The van der Waals surface area contributed by atoms with Crippen LogP contribution in [-0.4, -0.2) is 65.0 Å². The molecule has 0 bridgehead atoms. The molecule has 1 amide bonds. The number of thiazole rings is 1. The summed E-state index contributed by atoms with van der Waals surface area (Å²) in [6.07, 6.45) is 3.52. The summed E-state index contributed by atoms with van der Waals surface area (Å²) in [7, 11) is 0. The van der Waals surface area contributed by atoms with Crippen molar-refractivity contribution < 1.29 is 4.79 Å². The number of para-hydroxylation sites is 1. The van der Waals surface area contributed by atoms with Crippen LogP contribution >= 0.6 is 11.3 Å². The highest BCUT2D eigenvalue weighted by atomic mass is 32.1. The fourth-order valence-electron chi connectivity index (χ4n) is 3.23. The number of benzene rings is 1. The van der Waals surface area contributed by atoms with Crippen LogP contribution in [0.2, 0.25) is 0 Å². The Labute approximate surface area is 162 Å². The molecule has 0 saturated carbocycles. The quantitative estimate of drug-likeness (QED) is 0.674. The monoisotopic (exact) mass is 382 g/mol. The standard InChI is InChI=1S/C19H22N6OS/c1-2-25(19-22-15-6-3-4-7-16(15)27-19)17(26)14-23-10-12-24(13-11-23)18-20-8-5-9-21-18/h3-9H,2,10-14H2,1H3. The summed E-state index contributed by atoms with van der Waals surface area (Å²) >= 11 is 1.57. The maximum Gasteiger partial charge on any atom is 0.242 e. The van der Waals surface area contributed by atoms with Crippen molar-refractivity contribution in [3.63, 3.8) is 0 Å². The first-order valence-electron chi connectivity index (χ1n) is 9.15. The van der Waals surface area contributed by atoms with Crippen molar-refractivity contribution >= 4 is 38.5 Å². The minimum absolute atomic E-state index is 0.0981. The minimum Gasteiger partial charge on any atom is -0.338 e. The van der Waals surface area contributed by atoms with Crippen molar-refractivity contribution in [2.24, 2.45) is 0 Å². The first-order chi connectivity index (χ1) is 13.2. The van der Waals surface area contributed by atoms with Gasteiger partial charge >= 0.3 is 0 Å². The Balaban J connectivity index is 1.38. The highest BCUT2D eigenvalue weighted by molar-refractivity contribution is 7.22. The number of likely N-dealkylation sites (N-methyl/N-ethyl adjacent to an activating group) is 1. The number of amides is 1. The second-order valence-electron chi connectivity index (χ2n) is 6.41. The lowest BCUT2D eigenvalue weighted by atomic mass is 10.3. The number of aromatic nitrogens is 3. The molecular weight excluding hydrogens is 360 g/mol. The van der Waals surface area contributed by atoms with Gasteiger partial charge in [0.1, 0.15) is 0 Å². The summed E-state index contributed by atoms with van der Waals surface area (Å²) in [5.41, 5.74) is 0.945. The maximum atomic E-state index is 12.9. The molecule has 4 rings (SSSR count). The molecule has 1 aliphatic heterocycles. The molecule has 7 nitrogen and oxygen atoms in total. The summed E-state index contributed by atoms with van der Waals surface area (Å²) in [5, 5.41) is 0.778. The SMILES string of the molecule is CCN(C(=O)CN1CCN(c2ncccn2)CC1)c1nc2ccccc2s1. The third kappa shape index (κ3) is 3.91. The van der Waals surface area contributed by atoms with E-state index in [0.717, 1.165) is 47.5 Å². The lowest BCUT2D eigenvalue weighted by Crippen LogP contribution is -2.50. The number of carbonyl (C=O) groups excluding carboxylic acids is 1. The molecule has 0 aliphatic carbocycles. The van der Waals surface area contributed by atoms with E-state index in [1.54, 1.807) is 28.6 Å². The summed E-state index contributed by atoms with van der Waals surface area (Å²) in [5.74, 6) is 0.856. The van der Waals surface area contributed by atoms with Gasteiger partial charge in [0.15, 0.2) is 5.13 Å². The molecule has 0 unspecified atom stereocenters. The van der Waals surface area contributed by atoms with Crippen molar-refractivity contribution in [1.82, 2.24) is 19.9 Å². The van der Waals surface area contributed by atoms with E-state index >= 15 is 0 Å².